The number of aryl methyl sites for hydroxylation is 2. The first-order chi connectivity index (χ1) is 9.15. The van der Waals surface area contributed by atoms with E-state index in [2.05, 4.69) is 28.7 Å². The third kappa shape index (κ3) is 3.12. The Balaban J connectivity index is 2.40. The summed E-state index contributed by atoms with van der Waals surface area (Å²) in [7, 11) is 0. The number of rotatable bonds is 5. The zero-order valence-corrected chi connectivity index (χ0v) is 11.9. The van der Waals surface area contributed by atoms with Crippen molar-refractivity contribution in [3.05, 3.63) is 46.2 Å². The van der Waals surface area contributed by atoms with Gasteiger partial charge in [0.15, 0.2) is 0 Å². The number of aromatic nitrogens is 3. The van der Waals surface area contributed by atoms with Gasteiger partial charge in [-0.25, -0.2) is 10.1 Å². The molecular weight excluding hydrogens is 262 g/mol. The van der Waals surface area contributed by atoms with Gasteiger partial charge in [0, 0.05) is 11.6 Å². The fourth-order valence-electron chi connectivity index (χ4n) is 2.16. The molecule has 0 bridgehead atoms. The molecule has 0 aliphatic carbocycles. The molecule has 5 nitrogen and oxygen atoms in total. The fraction of sp³-hybridized carbons (Fsp3) is 0.385. The van der Waals surface area contributed by atoms with Gasteiger partial charge in [0.05, 0.1) is 17.9 Å². The van der Waals surface area contributed by atoms with E-state index in [1.54, 1.807) is 6.20 Å². The van der Waals surface area contributed by atoms with Crippen molar-refractivity contribution in [1.82, 2.24) is 20.4 Å². The van der Waals surface area contributed by atoms with Gasteiger partial charge in [-0.2, -0.15) is 0 Å². The molecule has 1 heterocycles. The van der Waals surface area contributed by atoms with Crippen molar-refractivity contribution >= 4 is 11.6 Å². The van der Waals surface area contributed by atoms with Crippen LogP contribution in [-0.2, 0) is 6.54 Å². The summed E-state index contributed by atoms with van der Waals surface area (Å²) in [6, 6.07) is 5.71. The molecule has 1 aromatic heterocycles. The Morgan fingerprint density at radius 3 is 2.84 bits per heavy atom. The Bertz CT molecular complexity index is 531. The maximum absolute atomic E-state index is 6.11. The summed E-state index contributed by atoms with van der Waals surface area (Å²) in [4.78, 5) is 0. The number of nitrogens with zero attached hydrogens (tertiary/aromatic N) is 3. The summed E-state index contributed by atoms with van der Waals surface area (Å²) in [5.41, 5.74) is 5.85. The molecular formula is C13H18ClN5. The van der Waals surface area contributed by atoms with Crippen LogP contribution in [0.4, 0.5) is 0 Å². The average molecular weight is 280 g/mol. The molecule has 2 aromatic rings. The van der Waals surface area contributed by atoms with Gasteiger partial charge in [0.1, 0.15) is 0 Å². The lowest BCUT2D eigenvalue weighted by atomic mass is 10.0. The molecule has 0 spiro atoms. The van der Waals surface area contributed by atoms with Gasteiger partial charge >= 0.3 is 0 Å². The minimum Gasteiger partial charge on any atom is -0.271 e. The minimum atomic E-state index is -0.168. The van der Waals surface area contributed by atoms with E-state index in [9.17, 15) is 0 Å². The lowest BCUT2D eigenvalue weighted by molar-refractivity contribution is 0.512. The molecule has 1 aromatic carbocycles. The maximum Gasteiger partial charge on any atom is 0.0895 e. The molecule has 3 N–H and O–H groups in total. The van der Waals surface area contributed by atoms with E-state index >= 15 is 0 Å². The van der Waals surface area contributed by atoms with Gasteiger partial charge in [-0.3, -0.25) is 5.84 Å². The molecule has 1 atom stereocenters. The van der Waals surface area contributed by atoms with Crippen LogP contribution in [0.1, 0.15) is 36.2 Å². The molecule has 0 saturated carbocycles. The van der Waals surface area contributed by atoms with Gasteiger partial charge < -0.3 is 0 Å². The van der Waals surface area contributed by atoms with Gasteiger partial charge in [-0.15, -0.1) is 5.10 Å². The van der Waals surface area contributed by atoms with Crippen molar-refractivity contribution in [3.63, 3.8) is 0 Å². The fourth-order valence-corrected chi connectivity index (χ4v) is 2.46. The monoisotopic (exact) mass is 279 g/mol. The smallest absolute Gasteiger partial charge is 0.0895 e. The van der Waals surface area contributed by atoms with Crippen LogP contribution in [0.3, 0.4) is 0 Å². The van der Waals surface area contributed by atoms with E-state index in [-0.39, 0.29) is 6.04 Å². The van der Waals surface area contributed by atoms with Crippen molar-refractivity contribution in [2.75, 3.05) is 0 Å². The maximum atomic E-state index is 6.11. The molecule has 0 aliphatic rings. The number of nitrogens with two attached hydrogens (primary N) is 1. The number of hydrogen-bond donors (Lipinski definition) is 2. The molecule has 2 rings (SSSR count). The van der Waals surface area contributed by atoms with Crippen LogP contribution in [0, 0.1) is 6.92 Å². The summed E-state index contributed by atoms with van der Waals surface area (Å²) >= 11 is 6.11. The predicted octanol–water partition coefficient (Wildman–Crippen LogP) is 2.20. The van der Waals surface area contributed by atoms with Gasteiger partial charge in [0.2, 0.25) is 0 Å². The van der Waals surface area contributed by atoms with Crippen molar-refractivity contribution in [2.24, 2.45) is 5.84 Å². The van der Waals surface area contributed by atoms with E-state index in [0.29, 0.717) is 5.02 Å². The molecule has 0 aliphatic heterocycles. The van der Waals surface area contributed by atoms with E-state index in [4.69, 9.17) is 17.4 Å². The van der Waals surface area contributed by atoms with Gasteiger partial charge in [0.25, 0.3) is 0 Å². The Hall–Kier alpha value is -1.43. The van der Waals surface area contributed by atoms with Crippen molar-refractivity contribution in [1.29, 1.82) is 0 Å². The van der Waals surface area contributed by atoms with Crippen molar-refractivity contribution < 1.29 is 0 Å². The van der Waals surface area contributed by atoms with Gasteiger partial charge in [-0.1, -0.05) is 29.8 Å². The average Bonchev–Trinajstić information content (AvgIpc) is 2.78. The Kier molecular flexibility index (Phi) is 4.52. The number of halogens is 1. The topological polar surface area (TPSA) is 68.8 Å². The normalized spacial score (nSPS) is 12.6. The van der Waals surface area contributed by atoms with Crippen LogP contribution in [0.25, 0.3) is 0 Å². The SMILES string of the molecule is CCCn1nncc1C(NN)c1cc(C)cc(Cl)c1. The quantitative estimate of drug-likeness (QED) is 0.650. The first-order valence-electron chi connectivity index (χ1n) is 6.27. The molecule has 6 heteroatoms. The van der Waals surface area contributed by atoms with Crippen LogP contribution >= 0.6 is 11.6 Å². The zero-order chi connectivity index (χ0) is 13.8. The van der Waals surface area contributed by atoms with Crippen LogP contribution in [0.2, 0.25) is 5.02 Å². The first kappa shape index (κ1) is 14.0. The molecule has 0 saturated heterocycles. The predicted molar refractivity (Wildman–Crippen MR) is 75.7 cm³/mol. The van der Waals surface area contributed by atoms with Crippen LogP contribution in [0.15, 0.2) is 24.4 Å². The van der Waals surface area contributed by atoms with Crippen LogP contribution < -0.4 is 11.3 Å². The third-order valence-corrected chi connectivity index (χ3v) is 3.16. The number of hydrogen-bond acceptors (Lipinski definition) is 4. The van der Waals surface area contributed by atoms with E-state index in [0.717, 1.165) is 29.8 Å². The highest BCUT2D eigenvalue weighted by Gasteiger charge is 2.18. The summed E-state index contributed by atoms with van der Waals surface area (Å²) in [5.74, 6) is 5.70. The molecule has 19 heavy (non-hydrogen) atoms. The van der Waals surface area contributed by atoms with Crippen molar-refractivity contribution in [2.45, 2.75) is 32.9 Å². The molecule has 0 fully saturated rings. The second-order valence-electron chi connectivity index (χ2n) is 4.54. The highest BCUT2D eigenvalue weighted by atomic mass is 35.5. The van der Waals surface area contributed by atoms with E-state index < -0.39 is 0 Å². The summed E-state index contributed by atoms with van der Waals surface area (Å²) < 4.78 is 1.86. The molecule has 0 amide bonds. The number of hydrazine groups is 1. The highest BCUT2D eigenvalue weighted by Crippen LogP contribution is 2.24. The van der Waals surface area contributed by atoms with Crippen LogP contribution in [-0.4, -0.2) is 15.0 Å². The van der Waals surface area contributed by atoms with E-state index in [1.807, 2.05) is 23.7 Å². The molecule has 0 radical (unpaired) electrons. The second kappa shape index (κ2) is 6.14. The van der Waals surface area contributed by atoms with Crippen molar-refractivity contribution in [3.8, 4) is 0 Å². The van der Waals surface area contributed by atoms with Gasteiger partial charge in [-0.05, 0) is 36.6 Å². The summed E-state index contributed by atoms with van der Waals surface area (Å²) in [6.45, 7) is 4.91. The molecule has 102 valence electrons. The lowest BCUT2D eigenvalue weighted by Crippen LogP contribution is -2.30. The number of nitrogens with one attached hydrogen (secondary N) is 1. The Labute approximate surface area is 117 Å². The lowest BCUT2D eigenvalue weighted by Gasteiger charge is -2.18. The second-order valence-corrected chi connectivity index (χ2v) is 4.98. The third-order valence-electron chi connectivity index (χ3n) is 2.94. The molecule has 1 unspecified atom stereocenters. The first-order valence-corrected chi connectivity index (χ1v) is 6.65. The Morgan fingerprint density at radius 1 is 1.42 bits per heavy atom. The Morgan fingerprint density at radius 2 is 2.21 bits per heavy atom. The van der Waals surface area contributed by atoms with E-state index in [1.165, 1.54) is 0 Å². The standard InChI is InChI=1S/C13H18ClN5/c1-3-4-19-12(8-16-18-19)13(17-15)10-5-9(2)6-11(14)7-10/h5-8,13,17H,3-4,15H2,1-2H3. The largest absolute Gasteiger partial charge is 0.271 e. The minimum absolute atomic E-state index is 0.168. The number of benzene rings is 1. The van der Waals surface area contributed by atoms with Crippen LogP contribution in [0.5, 0.6) is 0 Å². The zero-order valence-electron chi connectivity index (χ0n) is 11.1. The summed E-state index contributed by atoms with van der Waals surface area (Å²) in [5, 5.41) is 8.75. The highest BCUT2D eigenvalue weighted by molar-refractivity contribution is 6.30. The summed E-state index contributed by atoms with van der Waals surface area (Å²) in [6.07, 6.45) is 2.72.